The molecule has 1 aromatic rings. The van der Waals surface area contributed by atoms with Crippen molar-refractivity contribution in [2.24, 2.45) is 5.41 Å². The quantitative estimate of drug-likeness (QED) is 0.900. The van der Waals surface area contributed by atoms with E-state index < -0.39 is 0 Å². The van der Waals surface area contributed by atoms with E-state index in [1.165, 1.54) is 11.3 Å². The summed E-state index contributed by atoms with van der Waals surface area (Å²) in [7, 11) is 3.83. The minimum atomic E-state index is -0.141. The van der Waals surface area contributed by atoms with Gasteiger partial charge in [0.25, 0.3) is 0 Å². The van der Waals surface area contributed by atoms with Gasteiger partial charge in [0.1, 0.15) is 0 Å². The van der Waals surface area contributed by atoms with E-state index in [1.54, 1.807) is 11.3 Å². The highest BCUT2D eigenvalue weighted by molar-refractivity contribution is 9.11. The molecule has 0 aliphatic heterocycles. The Morgan fingerprint density at radius 1 is 1.56 bits per heavy atom. The van der Waals surface area contributed by atoms with E-state index in [9.17, 15) is 4.79 Å². The summed E-state index contributed by atoms with van der Waals surface area (Å²) < 4.78 is 1.12. The topological polar surface area (TPSA) is 32.3 Å². The predicted octanol–water partition coefficient (Wildman–Crippen LogP) is 2.86. The van der Waals surface area contributed by atoms with Crippen molar-refractivity contribution in [3.05, 3.63) is 20.8 Å². The second-order valence-electron chi connectivity index (χ2n) is 5.03. The van der Waals surface area contributed by atoms with Gasteiger partial charge in [0.15, 0.2) is 0 Å². The van der Waals surface area contributed by atoms with Gasteiger partial charge in [0, 0.05) is 18.5 Å². The Hall–Kier alpha value is -0.390. The van der Waals surface area contributed by atoms with Gasteiger partial charge in [-0.25, -0.2) is 0 Å². The first-order chi connectivity index (χ1) is 8.57. The SMILES string of the molecule is CNCC1(C(=O)N(C)Cc2ccc(Br)s2)CCC1. The molecular formula is C13H19BrN2OS. The number of nitrogens with zero attached hydrogens (tertiary/aromatic N) is 1. The maximum atomic E-state index is 12.5. The molecule has 1 aliphatic rings. The lowest BCUT2D eigenvalue weighted by Crippen LogP contribution is -2.51. The van der Waals surface area contributed by atoms with E-state index in [-0.39, 0.29) is 11.3 Å². The van der Waals surface area contributed by atoms with Gasteiger partial charge < -0.3 is 10.2 Å². The summed E-state index contributed by atoms with van der Waals surface area (Å²) in [5.74, 6) is 0.285. The van der Waals surface area contributed by atoms with Crippen LogP contribution in [-0.4, -0.2) is 31.4 Å². The Labute approximate surface area is 121 Å². The van der Waals surface area contributed by atoms with Crippen LogP contribution in [0.1, 0.15) is 24.1 Å². The highest BCUT2D eigenvalue weighted by Crippen LogP contribution is 2.42. The van der Waals surface area contributed by atoms with Gasteiger partial charge in [-0.3, -0.25) is 4.79 Å². The first kappa shape index (κ1) is 14.0. The summed E-state index contributed by atoms with van der Waals surface area (Å²) in [4.78, 5) is 15.6. The molecule has 1 N–H and O–H groups in total. The average Bonchev–Trinajstić information content (AvgIpc) is 2.68. The molecule has 0 bridgehead atoms. The van der Waals surface area contributed by atoms with Gasteiger partial charge >= 0.3 is 0 Å². The second kappa shape index (κ2) is 5.72. The fraction of sp³-hybridized carbons (Fsp3) is 0.615. The normalized spacial score (nSPS) is 17.3. The fourth-order valence-electron chi connectivity index (χ4n) is 2.56. The molecule has 0 spiro atoms. The second-order valence-corrected chi connectivity index (χ2v) is 7.58. The van der Waals surface area contributed by atoms with Crippen molar-refractivity contribution in [2.45, 2.75) is 25.8 Å². The zero-order valence-corrected chi connectivity index (χ0v) is 13.2. The first-order valence-corrected chi connectivity index (χ1v) is 7.83. The summed E-state index contributed by atoms with van der Waals surface area (Å²) in [5.41, 5.74) is -0.141. The number of amides is 1. The molecular weight excluding hydrogens is 312 g/mol. The molecule has 0 unspecified atom stereocenters. The molecule has 0 radical (unpaired) electrons. The largest absolute Gasteiger partial charge is 0.340 e. The number of hydrogen-bond acceptors (Lipinski definition) is 3. The van der Waals surface area contributed by atoms with E-state index in [0.717, 1.165) is 23.2 Å². The monoisotopic (exact) mass is 330 g/mol. The average molecular weight is 331 g/mol. The van der Waals surface area contributed by atoms with Crippen LogP contribution < -0.4 is 5.32 Å². The van der Waals surface area contributed by atoms with Crippen LogP contribution >= 0.6 is 27.3 Å². The number of thiophene rings is 1. The van der Waals surface area contributed by atoms with E-state index in [4.69, 9.17) is 0 Å². The molecule has 5 heteroatoms. The minimum Gasteiger partial charge on any atom is -0.340 e. The third-order valence-corrected chi connectivity index (χ3v) is 5.26. The van der Waals surface area contributed by atoms with E-state index >= 15 is 0 Å². The van der Waals surface area contributed by atoms with Crippen molar-refractivity contribution in [1.29, 1.82) is 0 Å². The lowest BCUT2D eigenvalue weighted by atomic mass is 9.67. The summed E-state index contributed by atoms with van der Waals surface area (Å²) >= 11 is 5.14. The molecule has 100 valence electrons. The van der Waals surface area contributed by atoms with Gasteiger partial charge in [0.2, 0.25) is 5.91 Å². The van der Waals surface area contributed by atoms with Gasteiger partial charge in [-0.05, 0) is 48.0 Å². The molecule has 1 heterocycles. The Morgan fingerprint density at radius 3 is 2.72 bits per heavy atom. The van der Waals surface area contributed by atoms with E-state index in [1.807, 2.05) is 25.1 Å². The van der Waals surface area contributed by atoms with Gasteiger partial charge in [-0.15, -0.1) is 11.3 Å². The Kier molecular flexibility index (Phi) is 4.45. The van der Waals surface area contributed by atoms with Crippen molar-refractivity contribution >= 4 is 33.2 Å². The third kappa shape index (κ3) is 2.78. The smallest absolute Gasteiger partial charge is 0.230 e. The molecule has 0 atom stereocenters. The summed E-state index contributed by atoms with van der Waals surface area (Å²) in [6.45, 7) is 1.50. The van der Waals surface area contributed by atoms with Crippen molar-refractivity contribution in [3.63, 3.8) is 0 Å². The Morgan fingerprint density at radius 2 is 2.28 bits per heavy atom. The molecule has 0 aromatic carbocycles. The van der Waals surface area contributed by atoms with Gasteiger partial charge in [-0.1, -0.05) is 6.42 Å². The van der Waals surface area contributed by atoms with Crippen molar-refractivity contribution in [2.75, 3.05) is 20.6 Å². The number of carbonyl (C=O) groups excluding carboxylic acids is 1. The minimum absolute atomic E-state index is 0.141. The van der Waals surface area contributed by atoms with E-state index in [2.05, 4.69) is 27.3 Å². The van der Waals surface area contributed by atoms with Crippen LogP contribution in [0.25, 0.3) is 0 Å². The number of halogens is 1. The first-order valence-electron chi connectivity index (χ1n) is 6.22. The van der Waals surface area contributed by atoms with Crippen LogP contribution in [0.2, 0.25) is 0 Å². The molecule has 1 fully saturated rings. The zero-order chi connectivity index (χ0) is 13.2. The molecule has 18 heavy (non-hydrogen) atoms. The third-order valence-electron chi connectivity index (χ3n) is 3.65. The number of rotatable bonds is 5. The summed E-state index contributed by atoms with van der Waals surface area (Å²) in [6, 6.07) is 4.11. The summed E-state index contributed by atoms with van der Waals surface area (Å²) in [5, 5.41) is 3.16. The van der Waals surface area contributed by atoms with Gasteiger partial charge in [-0.2, -0.15) is 0 Å². The van der Waals surface area contributed by atoms with Crippen LogP contribution in [-0.2, 0) is 11.3 Å². The van der Waals surface area contributed by atoms with Crippen LogP contribution in [0, 0.1) is 5.41 Å². The van der Waals surface area contributed by atoms with Crippen LogP contribution in [0.15, 0.2) is 15.9 Å². The predicted molar refractivity (Wildman–Crippen MR) is 78.7 cm³/mol. The molecule has 1 amide bonds. The number of nitrogens with one attached hydrogen (secondary N) is 1. The molecule has 0 saturated heterocycles. The number of hydrogen-bond donors (Lipinski definition) is 1. The molecule has 2 rings (SSSR count). The summed E-state index contributed by atoms with van der Waals surface area (Å²) in [6.07, 6.45) is 3.21. The van der Waals surface area contributed by atoms with Crippen LogP contribution in [0.5, 0.6) is 0 Å². The lowest BCUT2D eigenvalue weighted by Gasteiger charge is -2.42. The maximum absolute atomic E-state index is 12.5. The zero-order valence-electron chi connectivity index (χ0n) is 10.8. The standard InChI is InChI=1S/C13H19BrN2OS/c1-15-9-13(6-3-7-13)12(17)16(2)8-10-4-5-11(14)18-10/h4-5,15H,3,6-9H2,1-2H3. The van der Waals surface area contributed by atoms with E-state index in [0.29, 0.717) is 6.54 Å². The Bertz CT molecular complexity index is 428. The van der Waals surface area contributed by atoms with Gasteiger partial charge in [0.05, 0.1) is 15.7 Å². The lowest BCUT2D eigenvalue weighted by molar-refractivity contribution is -0.146. The molecule has 1 aliphatic carbocycles. The maximum Gasteiger partial charge on any atom is 0.230 e. The van der Waals surface area contributed by atoms with Crippen molar-refractivity contribution < 1.29 is 4.79 Å². The van der Waals surface area contributed by atoms with Crippen molar-refractivity contribution in [3.8, 4) is 0 Å². The van der Waals surface area contributed by atoms with Crippen molar-refractivity contribution in [1.82, 2.24) is 10.2 Å². The molecule has 3 nitrogen and oxygen atoms in total. The number of carbonyl (C=O) groups is 1. The fourth-order valence-corrected chi connectivity index (χ4v) is 4.09. The molecule has 1 saturated carbocycles. The highest BCUT2D eigenvalue weighted by Gasteiger charge is 2.44. The van der Waals surface area contributed by atoms with Crippen LogP contribution in [0.4, 0.5) is 0 Å². The Balaban J connectivity index is 1.99. The van der Waals surface area contributed by atoms with Crippen LogP contribution in [0.3, 0.4) is 0 Å². The molecule has 1 aromatic heterocycles. The highest BCUT2D eigenvalue weighted by atomic mass is 79.9.